The molecule has 0 atom stereocenters. The van der Waals surface area contributed by atoms with Gasteiger partial charge >= 0.3 is 0 Å². The van der Waals surface area contributed by atoms with Crippen molar-refractivity contribution in [2.24, 2.45) is 0 Å². The fourth-order valence-corrected chi connectivity index (χ4v) is 4.88. The Labute approximate surface area is 129 Å². The van der Waals surface area contributed by atoms with E-state index < -0.39 is 15.8 Å². The average Bonchev–Trinajstić information content (AvgIpc) is 2.90. The summed E-state index contributed by atoms with van der Waals surface area (Å²) >= 11 is 1.68. The molecule has 0 amide bonds. The molecule has 3 N–H and O–H groups in total. The van der Waals surface area contributed by atoms with E-state index in [0.717, 1.165) is 31.7 Å². The molecule has 0 aliphatic heterocycles. The van der Waals surface area contributed by atoms with Gasteiger partial charge in [0.05, 0.1) is 0 Å². The van der Waals surface area contributed by atoms with Crippen molar-refractivity contribution >= 4 is 27.5 Å². The Hall–Kier alpha value is -0.790. The fraction of sp³-hybridized carbons (Fsp3) is 0.571. The molecular formula is C14H21FN2O2S2. The second-order valence-corrected chi connectivity index (χ2v) is 8.57. The Bertz CT molecular complexity index is 626. The quantitative estimate of drug-likeness (QED) is 0.813. The van der Waals surface area contributed by atoms with Crippen molar-refractivity contribution in [2.45, 2.75) is 42.2 Å². The first-order chi connectivity index (χ1) is 9.80. The maximum absolute atomic E-state index is 13.9. The summed E-state index contributed by atoms with van der Waals surface area (Å²) in [5, 5.41) is 0. The first-order valence-electron chi connectivity index (χ1n) is 6.90. The molecule has 1 aliphatic carbocycles. The van der Waals surface area contributed by atoms with Crippen molar-refractivity contribution in [2.75, 3.05) is 18.5 Å². The molecule has 118 valence electrons. The Kier molecular flexibility index (Phi) is 4.85. The monoisotopic (exact) mass is 332 g/mol. The smallest absolute Gasteiger partial charge is 0.243 e. The van der Waals surface area contributed by atoms with Gasteiger partial charge in [-0.25, -0.2) is 17.5 Å². The Morgan fingerprint density at radius 3 is 2.57 bits per heavy atom. The van der Waals surface area contributed by atoms with Crippen molar-refractivity contribution in [1.82, 2.24) is 4.72 Å². The predicted octanol–water partition coefficient (Wildman–Crippen LogP) is 2.67. The van der Waals surface area contributed by atoms with E-state index in [1.54, 1.807) is 18.7 Å². The van der Waals surface area contributed by atoms with Crippen LogP contribution in [0.15, 0.2) is 17.0 Å². The van der Waals surface area contributed by atoms with Crippen LogP contribution in [0.2, 0.25) is 0 Å². The van der Waals surface area contributed by atoms with E-state index in [1.165, 1.54) is 6.07 Å². The molecule has 0 saturated heterocycles. The molecule has 0 spiro atoms. The number of nitrogens with two attached hydrogens (primary N) is 1. The molecule has 0 bridgehead atoms. The summed E-state index contributed by atoms with van der Waals surface area (Å²) in [7, 11) is -3.88. The molecular weight excluding hydrogens is 311 g/mol. The average molecular weight is 332 g/mol. The molecule has 1 fully saturated rings. The van der Waals surface area contributed by atoms with E-state index in [-0.39, 0.29) is 15.3 Å². The van der Waals surface area contributed by atoms with Gasteiger partial charge in [0.2, 0.25) is 10.0 Å². The van der Waals surface area contributed by atoms with Crippen LogP contribution in [0, 0.1) is 12.7 Å². The van der Waals surface area contributed by atoms with Crippen LogP contribution in [0.3, 0.4) is 0 Å². The van der Waals surface area contributed by atoms with Gasteiger partial charge in [0.1, 0.15) is 10.7 Å². The van der Waals surface area contributed by atoms with Crippen molar-refractivity contribution in [3.05, 3.63) is 23.5 Å². The summed E-state index contributed by atoms with van der Waals surface area (Å²) in [5.41, 5.74) is 6.50. The summed E-state index contributed by atoms with van der Waals surface area (Å²) in [6.45, 7) is 1.97. The molecule has 7 heteroatoms. The highest BCUT2D eigenvalue weighted by atomic mass is 32.2. The number of sulfonamides is 1. The molecule has 2 rings (SSSR count). The normalized spacial score (nSPS) is 18.0. The number of halogens is 1. The van der Waals surface area contributed by atoms with Crippen LogP contribution in [0.25, 0.3) is 0 Å². The van der Waals surface area contributed by atoms with Crippen LogP contribution in [-0.2, 0) is 10.0 Å². The van der Waals surface area contributed by atoms with Crippen LogP contribution < -0.4 is 10.5 Å². The standard InChI is InChI=1S/C14H21FN2O2S2/c1-10-7-11(15)13(8-12(10)16)21(18,19)17-9-14(20-2)5-3-4-6-14/h7-8,17H,3-6,9,16H2,1-2H3. The molecule has 21 heavy (non-hydrogen) atoms. The minimum atomic E-state index is -3.88. The fourth-order valence-electron chi connectivity index (χ4n) is 2.65. The van der Waals surface area contributed by atoms with E-state index in [9.17, 15) is 12.8 Å². The van der Waals surface area contributed by atoms with Gasteiger partial charge in [-0.3, -0.25) is 0 Å². The van der Waals surface area contributed by atoms with Crippen molar-refractivity contribution in [3.8, 4) is 0 Å². The molecule has 0 aromatic heterocycles. The van der Waals surface area contributed by atoms with E-state index >= 15 is 0 Å². The summed E-state index contributed by atoms with van der Waals surface area (Å²) < 4.78 is 41.0. The van der Waals surface area contributed by atoms with Crippen molar-refractivity contribution in [1.29, 1.82) is 0 Å². The number of benzene rings is 1. The molecule has 0 heterocycles. The third-order valence-corrected chi connectivity index (χ3v) is 6.98. The Balaban J connectivity index is 2.21. The zero-order valence-electron chi connectivity index (χ0n) is 12.3. The van der Waals surface area contributed by atoms with Gasteiger partial charge in [0, 0.05) is 17.0 Å². The van der Waals surface area contributed by atoms with E-state index in [0.29, 0.717) is 12.1 Å². The molecule has 0 radical (unpaired) electrons. The zero-order chi connectivity index (χ0) is 15.7. The molecule has 4 nitrogen and oxygen atoms in total. The molecule has 1 aliphatic rings. The topological polar surface area (TPSA) is 72.2 Å². The number of hydrogen-bond donors (Lipinski definition) is 2. The van der Waals surface area contributed by atoms with Gasteiger partial charge in [0.15, 0.2) is 0 Å². The molecule has 1 aromatic carbocycles. The summed E-state index contributed by atoms with van der Waals surface area (Å²) in [6.07, 6.45) is 6.16. The highest BCUT2D eigenvalue weighted by Gasteiger charge is 2.34. The molecule has 0 unspecified atom stereocenters. The lowest BCUT2D eigenvalue weighted by atomic mass is 10.1. The van der Waals surface area contributed by atoms with Crippen molar-refractivity contribution < 1.29 is 12.8 Å². The maximum Gasteiger partial charge on any atom is 0.243 e. The third-order valence-electron chi connectivity index (χ3n) is 4.14. The SMILES string of the molecule is CSC1(CNS(=O)(=O)c2cc(N)c(C)cc2F)CCCC1. The lowest BCUT2D eigenvalue weighted by Crippen LogP contribution is -2.38. The molecule has 1 saturated carbocycles. The Morgan fingerprint density at radius 1 is 1.38 bits per heavy atom. The number of nitrogens with one attached hydrogen (secondary N) is 1. The summed E-state index contributed by atoms with van der Waals surface area (Å²) in [4.78, 5) is -0.375. The number of anilines is 1. The second-order valence-electron chi connectivity index (χ2n) is 5.56. The first-order valence-corrected chi connectivity index (χ1v) is 9.61. The summed E-state index contributed by atoms with van der Waals surface area (Å²) in [5.74, 6) is -0.765. The predicted molar refractivity (Wildman–Crippen MR) is 85.5 cm³/mol. The molecule has 1 aromatic rings. The first kappa shape index (κ1) is 16.6. The number of nitrogen functional groups attached to an aromatic ring is 1. The number of rotatable bonds is 5. The van der Waals surface area contributed by atoms with E-state index in [2.05, 4.69) is 4.72 Å². The van der Waals surface area contributed by atoms with Crippen LogP contribution in [0.5, 0.6) is 0 Å². The van der Waals surface area contributed by atoms with Crippen molar-refractivity contribution in [3.63, 3.8) is 0 Å². The number of aryl methyl sites for hydroxylation is 1. The number of thioether (sulfide) groups is 1. The minimum absolute atomic E-state index is 0.0697. The maximum atomic E-state index is 13.9. The highest BCUT2D eigenvalue weighted by molar-refractivity contribution is 8.00. The minimum Gasteiger partial charge on any atom is -0.398 e. The summed E-state index contributed by atoms with van der Waals surface area (Å²) in [6, 6.07) is 2.34. The van der Waals surface area contributed by atoms with E-state index in [1.807, 2.05) is 6.26 Å². The third kappa shape index (κ3) is 3.52. The highest BCUT2D eigenvalue weighted by Crippen LogP contribution is 2.39. The van der Waals surface area contributed by atoms with Gasteiger partial charge in [0.25, 0.3) is 0 Å². The van der Waals surface area contributed by atoms with Gasteiger partial charge in [-0.2, -0.15) is 11.8 Å². The Morgan fingerprint density at radius 2 is 2.00 bits per heavy atom. The van der Waals surface area contributed by atoms with Gasteiger partial charge in [-0.1, -0.05) is 12.8 Å². The van der Waals surface area contributed by atoms with Gasteiger partial charge in [-0.15, -0.1) is 0 Å². The lowest BCUT2D eigenvalue weighted by molar-refractivity contribution is 0.538. The van der Waals surface area contributed by atoms with E-state index in [4.69, 9.17) is 5.73 Å². The van der Waals surface area contributed by atoms with Crippen LogP contribution >= 0.6 is 11.8 Å². The van der Waals surface area contributed by atoms with Gasteiger partial charge in [-0.05, 0) is 43.7 Å². The number of hydrogen-bond acceptors (Lipinski definition) is 4. The van der Waals surface area contributed by atoms with Crippen LogP contribution in [0.1, 0.15) is 31.2 Å². The van der Waals surface area contributed by atoms with Crippen LogP contribution in [0.4, 0.5) is 10.1 Å². The zero-order valence-corrected chi connectivity index (χ0v) is 13.9. The second kappa shape index (κ2) is 6.14. The van der Waals surface area contributed by atoms with Crippen LogP contribution in [-0.4, -0.2) is 26.0 Å². The van der Waals surface area contributed by atoms with Gasteiger partial charge < -0.3 is 5.73 Å². The lowest BCUT2D eigenvalue weighted by Gasteiger charge is -2.26. The largest absolute Gasteiger partial charge is 0.398 e.